The number of β-amino-alcohol motifs (C(OH)–C–C–N with tert-alkyl or cyclic N) is 1. The monoisotopic (exact) mass is 306 g/mol. The molecule has 1 aliphatic heterocycles. The molecule has 3 rings (SSSR count). The second-order valence-electron chi connectivity index (χ2n) is 5.04. The molecule has 1 aliphatic rings. The largest absolute Gasteiger partial charge is 0.387 e. The molecule has 0 saturated carbocycles. The van der Waals surface area contributed by atoms with Crippen molar-refractivity contribution in [2.45, 2.75) is 25.5 Å². The van der Waals surface area contributed by atoms with Gasteiger partial charge in [0.25, 0.3) is 0 Å². The zero-order valence-electron chi connectivity index (χ0n) is 11.3. The summed E-state index contributed by atoms with van der Waals surface area (Å²) in [6.07, 6.45) is 0.131. The lowest BCUT2D eigenvalue weighted by atomic mass is 9.97. The summed E-state index contributed by atoms with van der Waals surface area (Å²) in [5, 5.41) is 16.7. The van der Waals surface area contributed by atoms with Crippen LogP contribution in [0.2, 0.25) is 5.28 Å². The number of carbonyl (C=O) groups excluding carboxylic acids is 1. The molecule has 0 fully saturated rings. The summed E-state index contributed by atoms with van der Waals surface area (Å²) >= 11 is 5.62. The van der Waals surface area contributed by atoms with E-state index in [1.807, 2.05) is 24.3 Å². The number of aliphatic hydroxyl groups excluding tert-OH is 1. The van der Waals surface area contributed by atoms with Gasteiger partial charge in [0.15, 0.2) is 0 Å². The Morgan fingerprint density at radius 2 is 2.29 bits per heavy atom. The topological polar surface area (TPSA) is 82.1 Å². The molecule has 0 spiro atoms. The van der Waals surface area contributed by atoms with Crippen molar-refractivity contribution in [2.75, 3.05) is 6.54 Å². The lowest BCUT2D eigenvalue weighted by Crippen LogP contribution is -2.38. The first-order chi connectivity index (χ1) is 10.1. The Morgan fingerprint density at radius 3 is 3.05 bits per heavy atom. The average molecular weight is 307 g/mol. The van der Waals surface area contributed by atoms with E-state index in [9.17, 15) is 9.90 Å². The number of nitrogens with one attached hydrogen (secondary N) is 1. The molecular formula is C14H15ClN4O2. The van der Waals surface area contributed by atoms with Crippen LogP contribution in [0.25, 0.3) is 0 Å². The van der Waals surface area contributed by atoms with Crippen molar-refractivity contribution >= 4 is 17.5 Å². The van der Waals surface area contributed by atoms with Crippen molar-refractivity contribution in [3.05, 3.63) is 46.5 Å². The second-order valence-corrected chi connectivity index (χ2v) is 5.38. The highest BCUT2D eigenvalue weighted by Gasteiger charge is 2.26. The van der Waals surface area contributed by atoms with Gasteiger partial charge in [-0.15, -0.1) is 5.10 Å². The maximum Gasteiger partial charge on any atom is 0.242 e. The lowest BCUT2D eigenvalue weighted by Gasteiger charge is -2.32. The van der Waals surface area contributed by atoms with Crippen LogP contribution in [0.5, 0.6) is 0 Å². The maximum atomic E-state index is 12.3. The minimum atomic E-state index is -0.626. The maximum absolute atomic E-state index is 12.3. The Balaban J connectivity index is 1.64. The molecule has 1 amide bonds. The summed E-state index contributed by atoms with van der Waals surface area (Å²) in [6, 6.07) is 7.65. The quantitative estimate of drug-likeness (QED) is 0.899. The summed E-state index contributed by atoms with van der Waals surface area (Å²) in [5.74, 6) is 0.572. The van der Waals surface area contributed by atoms with E-state index >= 15 is 0 Å². The van der Waals surface area contributed by atoms with E-state index < -0.39 is 6.10 Å². The molecule has 0 aliphatic carbocycles. The van der Waals surface area contributed by atoms with Gasteiger partial charge in [-0.05, 0) is 22.7 Å². The number of halogens is 1. The van der Waals surface area contributed by atoms with Crippen LogP contribution in [0.15, 0.2) is 24.3 Å². The molecule has 6 nitrogen and oxygen atoms in total. The molecule has 1 atom stereocenters. The summed E-state index contributed by atoms with van der Waals surface area (Å²) in [5.41, 5.74) is 1.90. The minimum absolute atomic E-state index is 0.0175. The molecule has 0 saturated heterocycles. The number of aromatic amines is 1. The third-order valence-corrected chi connectivity index (χ3v) is 3.77. The summed E-state index contributed by atoms with van der Waals surface area (Å²) in [7, 11) is 0. The van der Waals surface area contributed by atoms with Gasteiger partial charge in [-0.3, -0.25) is 9.89 Å². The molecule has 2 N–H and O–H groups in total. The van der Waals surface area contributed by atoms with Crippen LogP contribution in [0, 0.1) is 0 Å². The first kappa shape index (κ1) is 14.0. The second kappa shape index (κ2) is 5.83. The molecule has 7 heteroatoms. The standard InChI is InChI=1S/C14H15ClN4O2/c15-14-16-12(17-18-14)5-6-13(21)19-7-9-3-1-2-4-10(9)11(20)8-19/h1-4,11,20H,5-8H2,(H,16,17,18)/t11-/m1/s1. The van der Waals surface area contributed by atoms with E-state index in [0.717, 1.165) is 11.1 Å². The highest BCUT2D eigenvalue weighted by molar-refractivity contribution is 6.28. The minimum Gasteiger partial charge on any atom is -0.387 e. The Kier molecular flexibility index (Phi) is 3.90. The van der Waals surface area contributed by atoms with Crippen molar-refractivity contribution in [1.29, 1.82) is 0 Å². The van der Waals surface area contributed by atoms with Gasteiger partial charge in [-0.1, -0.05) is 24.3 Å². The van der Waals surface area contributed by atoms with Crippen LogP contribution in [0.1, 0.15) is 29.5 Å². The van der Waals surface area contributed by atoms with Crippen LogP contribution < -0.4 is 0 Å². The van der Waals surface area contributed by atoms with E-state index in [2.05, 4.69) is 15.2 Å². The van der Waals surface area contributed by atoms with Crippen molar-refractivity contribution in [3.8, 4) is 0 Å². The molecule has 1 aromatic carbocycles. The van der Waals surface area contributed by atoms with E-state index in [0.29, 0.717) is 31.8 Å². The smallest absolute Gasteiger partial charge is 0.242 e. The average Bonchev–Trinajstić information content (AvgIpc) is 2.90. The fourth-order valence-electron chi connectivity index (χ4n) is 2.54. The number of hydrogen-bond donors (Lipinski definition) is 2. The van der Waals surface area contributed by atoms with Gasteiger partial charge in [0.2, 0.25) is 11.2 Å². The number of amides is 1. The lowest BCUT2D eigenvalue weighted by molar-refractivity contribution is -0.134. The van der Waals surface area contributed by atoms with Gasteiger partial charge in [-0.25, -0.2) is 4.98 Å². The predicted octanol–water partition coefficient (Wildman–Crippen LogP) is 1.47. The summed E-state index contributed by atoms with van der Waals surface area (Å²) in [4.78, 5) is 17.9. The van der Waals surface area contributed by atoms with E-state index in [1.165, 1.54) is 0 Å². The van der Waals surface area contributed by atoms with Gasteiger partial charge in [0.1, 0.15) is 5.82 Å². The molecule has 0 bridgehead atoms. The predicted molar refractivity (Wildman–Crippen MR) is 76.5 cm³/mol. The fraction of sp³-hybridized carbons (Fsp3) is 0.357. The molecule has 0 radical (unpaired) electrons. The Hall–Kier alpha value is -1.92. The number of H-pyrrole nitrogens is 1. The number of aromatic nitrogens is 3. The first-order valence-corrected chi connectivity index (χ1v) is 7.11. The SMILES string of the molecule is O=C(CCc1nc(Cl)n[nH]1)N1Cc2ccccc2[C@H](O)C1. The van der Waals surface area contributed by atoms with E-state index in [-0.39, 0.29) is 11.2 Å². The summed E-state index contributed by atoms with van der Waals surface area (Å²) in [6.45, 7) is 0.857. The molecule has 1 aromatic heterocycles. The number of carbonyl (C=O) groups is 1. The fourth-order valence-corrected chi connectivity index (χ4v) is 2.68. The van der Waals surface area contributed by atoms with Crippen molar-refractivity contribution in [2.24, 2.45) is 0 Å². The van der Waals surface area contributed by atoms with E-state index in [1.54, 1.807) is 4.90 Å². The van der Waals surface area contributed by atoms with Crippen molar-refractivity contribution < 1.29 is 9.90 Å². The number of nitrogens with zero attached hydrogens (tertiary/aromatic N) is 3. The third-order valence-electron chi connectivity index (χ3n) is 3.60. The van der Waals surface area contributed by atoms with Gasteiger partial charge in [-0.2, -0.15) is 0 Å². The zero-order chi connectivity index (χ0) is 14.8. The van der Waals surface area contributed by atoms with Gasteiger partial charge >= 0.3 is 0 Å². The summed E-state index contributed by atoms with van der Waals surface area (Å²) < 4.78 is 0. The van der Waals surface area contributed by atoms with Crippen LogP contribution in [0.3, 0.4) is 0 Å². The number of hydrogen-bond acceptors (Lipinski definition) is 4. The number of rotatable bonds is 3. The van der Waals surface area contributed by atoms with Crippen LogP contribution >= 0.6 is 11.6 Å². The molecule has 21 heavy (non-hydrogen) atoms. The van der Waals surface area contributed by atoms with Crippen molar-refractivity contribution in [1.82, 2.24) is 20.1 Å². The highest BCUT2D eigenvalue weighted by atomic mass is 35.5. The molecule has 0 unspecified atom stereocenters. The van der Waals surface area contributed by atoms with Crippen LogP contribution in [-0.4, -0.2) is 37.6 Å². The van der Waals surface area contributed by atoms with Crippen molar-refractivity contribution in [3.63, 3.8) is 0 Å². The molecule has 110 valence electrons. The van der Waals surface area contributed by atoms with E-state index in [4.69, 9.17) is 11.6 Å². The number of aryl methyl sites for hydroxylation is 1. The molecule has 2 heterocycles. The Morgan fingerprint density at radius 1 is 1.48 bits per heavy atom. The molecule has 2 aromatic rings. The zero-order valence-corrected chi connectivity index (χ0v) is 12.0. The number of fused-ring (bicyclic) bond motifs is 1. The molecular weight excluding hydrogens is 292 g/mol. The van der Waals surface area contributed by atoms with Crippen LogP contribution in [-0.2, 0) is 17.8 Å². The van der Waals surface area contributed by atoms with Gasteiger partial charge in [0.05, 0.1) is 12.6 Å². The van der Waals surface area contributed by atoms with Gasteiger partial charge in [0, 0.05) is 19.4 Å². The number of aliphatic hydroxyl groups is 1. The Labute approximate surface area is 126 Å². The Bertz CT molecular complexity index is 658. The van der Waals surface area contributed by atoms with Crippen LogP contribution in [0.4, 0.5) is 0 Å². The van der Waals surface area contributed by atoms with Gasteiger partial charge < -0.3 is 10.0 Å². The third kappa shape index (κ3) is 3.06. The number of benzene rings is 1. The normalized spacial score (nSPS) is 17.6. The first-order valence-electron chi connectivity index (χ1n) is 6.74. The highest BCUT2D eigenvalue weighted by Crippen LogP contribution is 2.26.